The average Bonchev–Trinajstić information content (AvgIpc) is 2.42. The lowest BCUT2D eigenvalue weighted by Gasteiger charge is -2.26. The molecule has 0 amide bonds. The van der Waals surface area contributed by atoms with Crippen LogP contribution in [-0.4, -0.2) is 44.6 Å². The van der Waals surface area contributed by atoms with Crippen molar-refractivity contribution in [3.63, 3.8) is 0 Å². The van der Waals surface area contributed by atoms with E-state index < -0.39 is 10.0 Å². The van der Waals surface area contributed by atoms with E-state index in [-0.39, 0.29) is 22.3 Å². The van der Waals surface area contributed by atoms with Crippen LogP contribution in [0, 0.1) is 5.92 Å². The smallest absolute Gasteiger partial charge is 0.242 e. The van der Waals surface area contributed by atoms with Crippen LogP contribution in [0.25, 0.3) is 0 Å². The predicted molar refractivity (Wildman–Crippen MR) is 75.9 cm³/mol. The summed E-state index contributed by atoms with van der Waals surface area (Å²) in [6, 6.07) is 3.92. The van der Waals surface area contributed by atoms with Crippen molar-refractivity contribution >= 4 is 15.7 Å². The Morgan fingerprint density at radius 2 is 2.25 bits per heavy atom. The van der Waals surface area contributed by atoms with Crippen LogP contribution in [0.5, 0.6) is 5.75 Å². The second kappa shape index (κ2) is 5.99. The number of nitrogens with two attached hydrogens (primary N) is 1. The fraction of sp³-hybridized carbons (Fsp3) is 0.538. The van der Waals surface area contributed by atoms with E-state index in [4.69, 9.17) is 10.5 Å². The van der Waals surface area contributed by atoms with Gasteiger partial charge in [-0.1, -0.05) is 0 Å². The second-order valence-corrected chi connectivity index (χ2v) is 7.13. The van der Waals surface area contributed by atoms with Crippen LogP contribution in [0.3, 0.4) is 0 Å². The third kappa shape index (κ3) is 3.23. The van der Waals surface area contributed by atoms with Gasteiger partial charge >= 0.3 is 0 Å². The van der Waals surface area contributed by atoms with E-state index >= 15 is 0 Å². The number of hydrogen-bond acceptors (Lipinski definition) is 5. The van der Waals surface area contributed by atoms with Crippen LogP contribution in [0.2, 0.25) is 0 Å². The quantitative estimate of drug-likeness (QED) is 0.640. The maximum atomic E-state index is 12.4. The minimum absolute atomic E-state index is 0.0560. The van der Waals surface area contributed by atoms with E-state index in [1.165, 1.54) is 22.5 Å². The molecule has 2 rings (SSSR count). The number of benzene rings is 1. The highest BCUT2D eigenvalue weighted by molar-refractivity contribution is 7.89. The van der Waals surface area contributed by atoms with Crippen molar-refractivity contribution in [1.82, 2.24) is 4.31 Å². The number of phenols is 1. The molecule has 1 aromatic rings. The van der Waals surface area contributed by atoms with Crippen LogP contribution in [0.15, 0.2) is 23.1 Å². The molecule has 0 bridgehead atoms. The summed E-state index contributed by atoms with van der Waals surface area (Å²) in [5.41, 5.74) is 5.60. The summed E-state index contributed by atoms with van der Waals surface area (Å²) < 4.78 is 31.5. The van der Waals surface area contributed by atoms with E-state index in [0.717, 1.165) is 19.4 Å². The first-order valence-corrected chi connectivity index (χ1v) is 7.98. The summed E-state index contributed by atoms with van der Waals surface area (Å²) in [6.07, 6.45) is 1.93. The van der Waals surface area contributed by atoms with Gasteiger partial charge in [0.15, 0.2) is 0 Å². The van der Waals surface area contributed by atoms with Crippen molar-refractivity contribution in [1.29, 1.82) is 0 Å². The molecule has 0 radical (unpaired) electrons. The number of hydrogen-bond donors (Lipinski definition) is 2. The van der Waals surface area contributed by atoms with Gasteiger partial charge in [0.2, 0.25) is 10.0 Å². The van der Waals surface area contributed by atoms with Crippen LogP contribution >= 0.6 is 0 Å². The highest BCUT2D eigenvalue weighted by Crippen LogP contribution is 2.25. The largest absolute Gasteiger partial charge is 0.506 e. The number of phenolic OH excluding ortho intramolecular Hbond substituents is 1. The van der Waals surface area contributed by atoms with Gasteiger partial charge in [-0.05, 0) is 37.0 Å². The Morgan fingerprint density at radius 1 is 1.50 bits per heavy atom. The maximum Gasteiger partial charge on any atom is 0.242 e. The van der Waals surface area contributed by atoms with E-state index in [9.17, 15) is 13.5 Å². The minimum Gasteiger partial charge on any atom is -0.506 e. The highest BCUT2D eigenvalue weighted by atomic mass is 32.2. The molecule has 1 saturated heterocycles. The maximum absolute atomic E-state index is 12.4. The molecule has 1 aliphatic heterocycles. The van der Waals surface area contributed by atoms with Crippen molar-refractivity contribution in [2.24, 2.45) is 5.92 Å². The Bertz CT molecular complexity index is 568. The van der Waals surface area contributed by atoms with Crippen LogP contribution in [0.1, 0.15) is 12.8 Å². The summed E-state index contributed by atoms with van der Waals surface area (Å²) in [6.45, 7) is 1.77. The first kappa shape index (κ1) is 15.1. The zero-order valence-electron chi connectivity index (χ0n) is 11.4. The van der Waals surface area contributed by atoms with Crippen molar-refractivity contribution in [3.8, 4) is 5.75 Å². The third-order valence-electron chi connectivity index (χ3n) is 3.48. The number of nitrogens with zero attached hydrogens (tertiary/aromatic N) is 1. The molecule has 1 unspecified atom stereocenters. The zero-order valence-corrected chi connectivity index (χ0v) is 12.3. The van der Waals surface area contributed by atoms with Crippen LogP contribution < -0.4 is 5.73 Å². The van der Waals surface area contributed by atoms with E-state index in [1.807, 2.05) is 0 Å². The molecule has 3 N–H and O–H groups in total. The Kier molecular flexibility index (Phi) is 4.52. The molecule has 20 heavy (non-hydrogen) atoms. The van der Waals surface area contributed by atoms with Gasteiger partial charge in [0.1, 0.15) is 5.75 Å². The summed E-state index contributed by atoms with van der Waals surface area (Å²) in [5, 5.41) is 9.36. The number of rotatable bonds is 4. The molecule has 1 aliphatic rings. The Balaban J connectivity index is 2.13. The summed E-state index contributed by atoms with van der Waals surface area (Å²) in [4.78, 5) is 0.0898. The van der Waals surface area contributed by atoms with Gasteiger partial charge < -0.3 is 15.6 Å². The highest BCUT2D eigenvalue weighted by Gasteiger charge is 2.25. The SMILES string of the molecule is CN(CC1CCCOC1)S(=O)(=O)c1ccc(O)c(N)c1. The number of sulfonamides is 1. The van der Waals surface area contributed by atoms with Crippen LogP contribution in [0.4, 0.5) is 5.69 Å². The first-order chi connectivity index (χ1) is 9.41. The van der Waals surface area contributed by atoms with E-state index in [0.29, 0.717) is 13.2 Å². The predicted octanol–water partition coefficient (Wildman–Crippen LogP) is 1.02. The molecular weight excluding hydrogens is 280 g/mol. The topological polar surface area (TPSA) is 92.9 Å². The standard InChI is InChI=1S/C13H20N2O4S/c1-15(8-10-3-2-6-19-9-10)20(17,18)11-4-5-13(16)12(14)7-11/h4-5,7,10,16H,2-3,6,8-9,14H2,1H3. The molecule has 1 aromatic carbocycles. The molecule has 0 spiro atoms. The average molecular weight is 300 g/mol. The normalized spacial score (nSPS) is 20.2. The summed E-state index contributed by atoms with van der Waals surface area (Å²) >= 11 is 0. The van der Waals surface area contributed by atoms with Gasteiger partial charge in [-0.2, -0.15) is 0 Å². The molecule has 1 heterocycles. The van der Waals surface area contributed by atoms with Gasteiger partial charge in [-0.25, -0.2) is 12.7 Å². The zero-order chi connectivity index (χ0) is 14.8. The number of ether oxygens (including phenoxy) is 1. The molecular formula is C13H20N2O4S. The summed E-state index contributed by atoms with van der Waals surface area (Å²) in [5.74, 6) is 0.102. The second-order valence-electron chi connectivity index (χ2n) is 5.09. The molecule has 112 valence electrons. The monoisotopic (exact) mass is 300 g/mol. The van der Waals surface area contributed by atoms with Crippen molar-refractivity contribution in [2.75, 3.05) is 32.5 Å². The molecule has 1 fully saturated rings. The lowest BCUT2D eigenvalue weighted by Crippen LogP contribution is -2.35. The lowest BCUT2D eigenvalue weighted by molar-refractivity contribution is 0.0495. The lowest BCUT2D eigenvalue weighted by atomic mass is 10.0. The molecule has 0 saturated carbocycles. The molecule has 1 atom stereocenters. The summed E-state index contributed by atoms with van der Waals surface area (Å²) in [7, 11) is -2.04. The molecule has 7 heteroatoms. The molecule has 0 aliphatic carbocycles. The van der Waals surface area contributed by atoms with Crippen molar-refractivity contribution in [3.05, 3.63) is 18.2 Å². The van der Waals surface area contributed by atoms with E-state index in [1.54, 1.807) is 7.05 Å². The van der Waals surface area contributed by atoms with Crippen molar-refractivity contribution in [2.45, 2.75) is 17.7 Å². The first-order valence-electron chi connectivity index (χ1n) is 6.54. The van der Waals surface area contributed by atoms with Gasteiger partial charge in [0.05, 0.1) is 17.2 Å². The number of anilines is 1. The molecule has 0 aromatic heterocycles. The van der Waals surface area contributed by atoms with Gasteiger partial charge in [-0.15, -0.1) is 0 Å². The van der Waals surface area contributed by atoms with Gasteiger partial charge in [0.25, 0.3) is 0 Å². The number of aromatic hydroxyl groups is 1. The van der Waals surface area contributed by atoms with Gasteiger partial charge in [-0.3, -0.25) is 0 Å². The Hall–Kier alpha value is -1.31. The molecule has 6 nitrogen and oxygen atoms in total. The third-order valence-corrected chi connectivity index (χ3v) is 5.30. The van der Waals surface area contributed by atoms with Crippen molar-refractivity contribution < 1.29 is 18.3 Å². The number of nitrogen functional groups attached to an aromatic ring is 1. The van der Waals surface area contributed by atoms with Crippen LogP contribution in [-0.2, 0) is 14.8 Å². The fourth-order valence-electron chi connectivity index (χ4n) is 2.29. The fourth-order valence-corrected chi connectivity index (χ4v) is 3.57. The minimum atomic E-state index is -3.59. The Labute approximate surface area is 119 Å². The van der Waals surface area contributed by atoms with E-state index in [2.05, 4.69) is 0 Å². The Morgan fingerprint density at radius 3 is 2.85 bits per heavy atom. The van der Waals surface area contributed by atoms with Gasteiger partial charge in [0, 0.05) is 20.2 Å².